The summed E-state index contributed by atoms with van der Waals surface area (Å²) in [5.41, 5.74) is 2.16. The fourth-order valence-electron chi connectivity index (χ4n) is 4.46. The molecule has 1 fully saturated rings. The van der Waals surface area contributed by atoms with Crippen LogP contribution in [0.4, 0.5) is 0 Å². The van der Waals surface area contributed by atoms with Crippen LogP contribution in [0.1, 0.15) is 50.2 Å². The van der Waals surface area contributed by atoms with Crippen molar-refractivity contribution >= 4 is 21.8 Å². The van der Waals surface area contributed by atoms with E-state index in [0.717, 1.165) is 34.0 Å². The lowest BCUT2D eigenvalue weighted by Gasteiger charge is -2.31. The summed E-state index contributed by atoms with van der Waals surface area (Å²) in [6.07, 6.45) is 4.17. The molecule has 1 aromatic carbocycles. The van der Waals surface area contributed by atoms with Gasteiger partial charge in [0.05, 0.1) is 12.9 Å². The SMILES string of the molecule is CCCS(=O)(=O)N(CCCN1CCCC1=O)C(=O)C1CCc2cccc(OC)c2C1. The van der Waals surface area contributed by atoms with Crippen LogP contribution in [0.2, 0.25) is 0 Å². The van der Waals surface area contributed by atoms with Crippen molar-refractivity contribution in [1.29, 1.82) is 0 Å². The van der Waals surface area contributed by atoms with Crippen LogP contribution in [-0.4, -0.2) is 61.9 Å². The average Bonchev–Trinajstić information content (AvgIpc) is 3.14. The van der Waals surface area contributed by atoms with Gasteiger partial charge in [-0.15, -0.1) is 0 Å². The van der Waals surface area contributed by atoms with Crippen LogP contribution in [-0.2, 0) is 32.5 Å². The number of hydrogen-bond acceptors (Lipinski definition) is 5. The van der Waals surface area contributed by atoms with Gasteiger partial charge in [0.2, 0.25) is 21.8 Å². The Labute approximate surface area is 179 Å². The molecule has 1 aliphatic heterocycles. The maximum Gasteiger partial charge on any atom is 0.239 e. The minimum Gasteiger partial charge on any atom is -0.496 e. The summed E-state index contributed by atoms with van der Waals surface area (Å²) < 4.78 is 32.3. The van der Waals surface area contributed by atoms with Gasteiger partial charge in [-0.1, -0.05) is 19.1 Å². The second-order valence-corrected chi connectivity index (χ2v) is 10.1. The van der Waals surface area contributed by atoms with Gasteiger partial charge in [-0.25, -0.2) is 12.7 Å². The van der Waals surface area contributed by atoms with Crippen molar-refractivity contribution in [3.05, 3.63) is 29.3 Å². The number of likely N-dealkylation sites (tertiary alicyclic amines) is 1. The monoisotopic (exact) mass is 436 g/mol. The summed E-state index contributed by atoms with van der Waals surface area (Å²) in [4.78, 5) is 26.9. The number of amides is 2. The third kappa shape index (κ3) is 4.96. The Kier molecular flexibility index (Phi) is 7.39. The molecule has 7 nitrogen and oxygen atoms in total. The maximum absolute atomic E-state index is 13.3. The molecule has 1 atom stereocenters. The summed E-state index contributed by atoms with van der Waals surface area (Å²) in [6, 6.07) is 5.86. The number of carbonyl (C=O) groups excluding carboxylic acids is 2. The van der Waals surface area contributed by atoms with E-state index in [9.17, 15) is 18.0 Å². The summed E-state index contributed by atoms with van der Waals surface area (Å²) in [6.45, 7) is 3.13. The molecule has 0 saturated carbocycles. The van der Waals surface area contributed by atoms with Gasteiger partial charge in [0.15, 0.2) is 0 Å². The number of ether oxygens (including phenoxy) is 1. The summed E-state index contributed by atoms with van der Waals surface area (Å²) in [5.74, 6) is 0.107. The van der Waals surface area contributed by atoms with Crippen molar-refractivity contribution < 1.29 is 22.7 Å². The van der Waals surface area contributed by atoms with E-state index in [4.69, 9.17) is 4.74 Å². The summed E-state index contributed by atoms with van der Waals surface area (Å²) in [7, 11) is -2.06. The largest absolute Gasteiger partial charge is 0.496 e. The molecule has 0 spiro atoms. The number of benzene rings is 1. The lowest BCUT2D eigenvalue weighted by molar-refractivity contribution is -0.131. The van der Waals surface area contributed by atoms with E-state index in [0.29, 0.717) is 45.2 Å². The molecule has 0 aromatic heterocycles. The van der Waals surface area contributed by atoms with Gasteiger partial charge >= 0.3 is 0 Å². The van der Waals surface area contributed by atoms with Gasteiger partial charge in [-0.2, -0.15) is 0 Å². The van der Waals surface area contributed by atoms with Crippen molar-refractivity contribution in [3.8, 4) is 5.75 Å². The Balaban J connectivity index is 1.74. The van der Waals surface area contributed by atoms with E-state index < -0.39 is 10.0 Å². The molecule has 0 N–H and O–H groups in total. The van der Waals surface area contributed by atoms with Gasteiger partial charge in [0.1, 0.15) is 5.75 Å². The van der Waals surface area contributed by atoms with Crippen LogP contribution < -0.4 is 4.74 Å². The number of rotatable bonds is 9. The quantitative estimate of drug-likeness (QED) is 0.593. The molecule has 1 aliphatic carbocycles. The average molecular weight is 437 g/mol. The molecule has 30 heavy (non-hydrogen) atoms. The van der Waals surface area contributed by atoms with Gasteiger partial charge in [0.25, 0.3) is 0 Å². The smallest absolute Gasteiger partial charge is 0.239 e. The molecular weight excluding hydrogens is 404 g/mol. The first kappa shape index (κ1) is 22.6. The number of carbonyl (C=O) groups is 2. The first-order valence-electron chi connectivity index (χ1n) is 10.8. The molecule has 2 aliphatic rings. The van der Waals surface area contributed by atoms with Crippen LogP contribution >= 0.6 is 0 Å². The molecule has 1 unspecified atom stereocenters. The van der Waals surface area contributed by atoms with Crippen molar-refractivity contribution in [1.82, 2.24) is 9.21 Å². The third-order valence-corrected chi connectivity index (χ3v) is 7.97. The van der Waals surface area contributed by atoms with Gasteiger partial charge in [-0.05, 0) is 55.7 Å². The highest BCUT2D eigenvalue weighted by Crippen LogP contribution is 2.33. The topological polar surface area (TPSA) is 84.0 Å². The summed E-state index contributed by atoms with van der Waals surface area (Å²) >= 11 is 0. The van der Waals surface area contributed by atoms with E-state index in [2.05, 4.69) is 0 Å². The maximum atomic E-state index is 13.3. The van der Waals surface area contributed by atoms with Crippen molar-refractivity contribution in [2.45, 2.75) is 51.9 Å². The number of hydrogen-bond donors (Lipinski definition) is 0. The highest BCUT2D eigenvalue weighted by Gasteiger charge is 2.35. The molecule has 0 radical (unpaired) electrons. The third-order valence-electron chi connectivity index (χ3n) is 6.02. The lowest BCUT2D eigenvalue weighted by atomic mass is 9.83. The fourth-order valence-corrected chi connectivity index (χ4v) is 6.03. The molecule has 1 saturated heterocycles. The number of methoxy groups -OCH3 is 1. The number of sulfonamides is 1. The molecule has 8 heteroatoms. The Morgan fingerprint density at radius 2 is 2.10 bits per heavy atom. The van der Waals surface area contributed by atoms with Crippen molar-refractivity contribution in [2.75, 3.05) is 32.5 Å². The Bertz CT molecular complexity index is 869. The van der Waals surface area contributed by atoms with Crippen LogP contribution in [0.15, 0.2) is 18.2 Å². The van der Waals surface area contributed by atoms with E-state index in [1.807, 2.05) is 18.2 Å². The lowest BCUT2D eigenvalue weighted by Crippen LogP contribution is -2.44. The molecule has 3 rings (SSSR count). The van der Waals surface area contributed by atoms with Crippen LogP contribution in [0.3, 0.4) is 0 Å². The Hall–Kier alpha value is -2.09. The first-order valence-corrected chi connectivity index (χ1v) is 12.4. The summed E-state index contributed by atoms with van der Waals surface area (Å²) in [5, 5.41) is 0. The van der Waals surface area contributed by atoms with E-state index in [1.54, 1.807) is 18.9 Å². The molecule has 1 heterocycles. The first-order chi connectivity index (χ1) is 14.4. The predicted molar refractivity (Wildman–Crippen MR) is 115 cm³/mol. The van der Waals surface area contributed by atoms with E-state index >= 15 is 0 Å². The standard InChI is InChI=1S/C22H32N2O5S/c1-3-15-30(27,28)24(14-6-13-23-12-5-9-21(23)25)22(26)18-11-10-17-7-4-8-20(29-2)19(17)16-18/h4,7-8,18H,3,5-6,9-16H2,1-2H3. The zero-order chi connectivity index (χ0) is 21.7. The normalized spacial score (nSPS) is 18.9. The molecule has 0 bridgehead atoms. The highest BCUT2D eigenvalue weighted by molar-refractivity contribution is 7.89. The number of aryl methyl sites for hydroxylation is 1. The second kappa shape index (κ2) is 9.81. The molecular formula is C22H32N2O5S. The van der Waals surface area contributed by atoms with E-state index in [-0.39, 0.29) is 30.0 Å². The second-order valence-electron chi connectivity index (χ2n) is 8.10. The Morgan fingerprint density at radius 3 is 2.77 bits per heavy atom. The zero-order valence-electron chi connectivity index (χ0n) is 17.9. The molecule has 1 aromatic rings. The van der Waals surface area contributed by atoms with E-state index in [1.165, 1.54) is 0 Å². The molecule has 166 valence electrons. The van der Waals surface area contributed by atoms with Crippen molar-refractivity contribution in [2.24, 2.45) is 5.92 Å². The fraction of sp³-hybridized carbons (Fsp3) is 0.636. The number of nitrogens with zero attached hydrogens (tertiary/aromatic N) is 2. The van der Waals surface area contributed by atoms with Gasteiger partial charge < -0.3 is 9.64 Å². The molecule has 2 amide bonds. The highest BCUT2D eigenvalue weighted by atomic mass is 32.2. The van der Waals surface area contributed by atoms with Crippen LogP contribution in [0.25, 0.3) is 0 Å². The predicted octanol–water partition coefficient (Wildman–Crippen LogP) is 2.38. The van der Waals surface area contributed by atoms with Gasteiger partial charge in [0, 0.05) is 32.0 Å². The zero-order valence-corrected chi connectivity index (χ0v) is 18.7. The van der Waals surface area contributed by atoms with Crippen molar-refractivity contribution in [3.63, 3.8) is 0 Å². The van der Waals surface area contributed by atoms with Crippen LogP contribution in [0.5, 0.6) is 5.75 Å². The number of fused-ring (bicyclic) bond motifs is 1. The minimum absolute atomic E-state index is 0.0476. The minimum atomic E-state index is -3.67. The Morgan fingerprint density at radius 1 is 1.30 bits per heavy atom. The van der Waals surface area contributed by atoms with Crippen LogP contribution in [0, 0.1) is 5.92 Å². The van der Waals surface area contributed by atoms with Gasteiger partial charge in [-0.3, -0.25) is 9.59 Å².